The molecule has 1 atom stereocenters. The van der Waals surface area contributed by atoms with Gasteiger partial charge in [0.1, 0.15) is 6.04 Å². The molecule has 21 heavy (non-hydrogen) atoms. The molecule has 1 aromatic carbocycles. The Morgan fingerprint density at radius 1 is 1.19 bits per heavy atom. The minimum Gasteiger partial charge on any atom is -0.340 e. The zero-order valence-corrected chi connectivity index (χ0v) is 13.1. The van der Waals surface area contributed by atoms with Crippen molar-refractivity contribution in [2.24, 2.45) is 5.41 Å². The number of carbonyl (C=O) groups is 2. The quantitative estimate of drug-likeness (QED) is 0.929. The van der Waals surface area contributed by atoms with E-state index in [4.69, 9.17) is 0 Å². The van der Waals surface area contributed by atoms with E-state index in [0.29, 0.717) is 19.5 Å². The van der Waals surface area contributed by atoms with E-state index in [1.807, 2.05) is 35.2 Å². The zero-order valence-electron chi connectivity index (χ0n) is 13.1. The summed E-state index contributed by atoms with van der Waals surface area (Å²) in [5, 5.41) is 2.84. The van der Waals surface area contributed by atoms with Crippen LogP contribution in [0.2, 0.25) is 0 Å². The number of benzene rings is 1. The van der Waals surface area contributed by atoms with Crippen molar-refractivity contribution in [3.63, 3.8) is 0 Å². The highest BCUT2D eigenvalue weighted by molar-refractivity contribution is 5.90. The molecule has 0 bridgehead atoms. The van der Waals surface area contributed by atoms with Crippen molar-refractivity contribution in [3.8, 4) is 0 Å². The first kappa shape index (κ1) is 15.5. The second-order valence-corrected chi connectivity index (χ2v) is 6.80. The van der Waals surface area contributed by atoms with Crippen molar-refractivity contribution >= 4 is 11.8 Å². The van der Waals surface area contributed by atoms with Gasteiger partial charge in [-0.3, -0.25) is 9.59 Å². The summed E-state index contributed by atoms with van der Waals surface area (Å²) in [5.41, 5.74) is 1.02. The predicted octanol–water partition coefficient (Wildman–Crippen LogP) is 2.51. The molecule has 0 saturated carbocycles. The van der Waals surface area contributed by atoms with Crippen LogP contribution in [0.4, 0.5) is 0 Å². The molecular formula is C17H24N2O2. The molecule has 2 rings (SSSR count). The minimum absolute atomic E-state index is 0.00343. The van der Waals surface area contributed by atoms with Crippen molar-refractivity contribution in [3.05, 3.63) is 35.9 Å². The lowest BCUT2D eigenvalue weighted by atomic mass is 9.92. The van der Waals surface area contributed by atoms with Crippen LogP contribution in [0.1, 0.15) is 45.2 Å². The largest absolute Gasteiger partial charge is 0.340 e. The Bertz CT molecular complexity index is 505. The molecule has 1 heterocycles. The number of hydrogen-bond acceptors (Lipinski definition) is 2. The number of carbonyl (C=O) groups excluding carboxylic acids is 2. The standard InChI is InChI=1S/C17H24N2O2/c1-17(2,3)10-12-19-11-9-14(20)18-15(16(19)21)13-7-5-4-6-8-13/h4-8,15H,9-12H2,1-3H3,(H,18,20). The van der Waals surface area contributed by atoms with Gasteiger partial charge in [0.05, 0.1) is 0 Å². The summed E-state index contributed by atoms with van der Waals surface area (Å²) in [6.07, 6.45) is 1.30. The lowest BCUT2D eigenvalue weighted by Gasteiger charge is -2.27. The maximum atomic E-state index is 12.7. The molecule has 1 saturated heterocycles. The highest BCUT2D eigenvalue weighted by Gasteiger charge is 2.31. The number of hydrogen-bond donors (Lipinski definition) is 1. The Morgan fingerprint density at radius 3 is 2.48 bits per heavy atom. The van der Waals surface area contributed by atoms with Gasteiger partial charge in [-0.2, -0.15) is 0 Å². The van der Waals surface area contributed by atoms with Gasteiger partial charge in [-0.25, -0.2) is 0 Å². The average molecular weight is 288 g/mol. The third-order valence-corrected chi connectivity index (χ3v) is 3.74. The SMILES string of the molecule is CC(C)(C)CCN1CCC(=O)NC(c2ccccc2)C1=O. The fraction of sp³-hybridized carbons (Fsp3) is 0.529. The first-order chi connectivity index (χ1) is 9.87. The molecular weight excluding hydrogens is 264 g/mol. The summed E-state index contributed by atoms with van der Waals surface area (Å²) in [5.74, 6) is -0.0632. The maximum absolute atomic E-state index is 12.7. The van der Waals surface area contributed by atoms with Gasteiger partial charge in [-0.15, -0.1) is 0 Å². The van der Waals surface area contributed by atoms with Crippen molar-refractivity contribution < 1.29 is 9.59 Å². The second kappa shape index (κ2) is 6.29. The number of nitrogens with zero attached hydrogens (tertiary/aromatic N) is 1. The molecule has 4 heteroatoms. The first-order valence-electron chi connectivity index (χ1n) is 7.50. The molecule has 4 nitrogen and oxygen atoms in total. The van der Waals surface area contributed by atoms with E-state index in [0.717, 1.165) is 12.0 Å². The van der Waals surface area contributed by atoms with Gasteiger partial charge in [0.25, 0.3) is 0 Å². The molecule has 0 aromatic heterocycles. The molecule has 0 radical (unpaired) electrons. The highest BCUT2D eigenvalue weighted by Crippen LogP contribution is 2.23. The Hall–Kier alpha value is -1.84. The topological polar surface area (TPSA) is 49.4 Å². The third-order valence-electron chi connectivity index (χ3n) is 3.74. The summed E-state index contributed by atoms with van der Waals surface area (Å²) < 4.78 is 0. The van der Waals surface area contributed by atoms with Gasteiger partial charge < -0.3 is 10.2 Å². The third kappa shape index (κ3) is 4.31. The van der Waals surface area contributed by atoms with E-state index < -0.39 is 6.04 Å². The highest BCUT2D eigenvalue weighted by atomic mass is 16.2. The molecule has 1 aliphatic rings. The van der Waals surface area contributed by atoms with E-state index in [2.05, 4.69) is 26.1 Å². The lowest BCUT2D eigenvalue weighted by Crippen LogP contribution is -2.39. The maximum Gasteiger partial charge on any atom is 0.249 e. The van der Waals surface area contributed by atoms with Crippen LogP contribution in [0.15, 0.2) is 30.3 Å². The minimum atomic E-state index is -0.554. The van der Waals surface area contributed by atoms with Crippen LogP contribution in [0.5, 0.6) is 0 Å². The second-order valence-electron chi connectivity index (χ2n) is 6.80. The van der Waals surface area contributed by atoms with E-state index in [9.17, 15) is 9.59 Å². The average Bonchev–Trinajstić information content (AvgIpc) is 2.57. The van der Waals surface area contributed by atoms with Gasteiger partial charge in [0, 0.05) is 19.5 Å². The van der Waals surface area contributed by atoms with Crippen LogP contribution < -0.4 is 5.32 Å². The van der Waals surface area contributed by atoms with Crippen LogP contribution in [-0.4, -0.2) is 29.8 Å². The summed E-state index contributed by atoms with van der Waals surface area (Å²) >= 11 is 0. The van der Waals surface area contributed by atoms with Crippen LogP contribution in [0.3, 0.4) is 0 Å². The Kier molecular flexibility index (Phi) is 4.66. The Balaban J connectivity index is 2.16. The van der Waals surface area contributed by atoms with Gasteiger partial charge in [-0.05, 0) is 17.4 Å². The number of amides is 2. The molecule has 2 amide bonds. The van der Waals surface area contributed by atoms with Gasteiger partial charge in [0.2, 0.25) is 11.8 Å². The summed E-state index contributed by atoms with van der Waals surface area (Å²) in [6.45, 7) is 7.68. The molecule has 114 valence electrons. The first-order valence-corrected chi connectivity index (χ1v) is 7.50. The van der Waals surface area contributed by atoms with Gasteiger partial charge in [0.15, 0.2) is 0 Å². The normalized spacial score (nSPS) is 20.1. The van der Waals surface area contributed by atoms with Crippen molar-refractivity contribution in [2.45, 2.75) is 39.7 Å². The number of nitrogens with one attached hydrogen (secondary N) is 1. The smallest absolute Gasteiger partial charge is 0.249 e. The van der Waals surface area contributed by atoms with Gasteiger partial charge in [-0.1, -0.05) is 51.1 Å². The van der Waals surface area contributed by atoms with Crippen LogP contribution in [-0.2, 0) is 9.59 Å². The predicted molar refractivity (Wildman–Crippen MR) is 82.6 cm³/mol. The fourth-order valence-electron chi connectivity index (χ4n) is 2.39. The van der Waals surface area contributed by atoms with Gasteiger partial charge >= 0.3 is 0 Å². The van der Waals surface area contributed by atoms with E-state index in [-0.39, 0.29) is 17.2 Å². The van der Waals surface area contributed by atoms with Crippen LogP contribution >= 0.6 is 0 Å². The van der Waals surface area contributed by atoms with E-state index >= 15 is 0 Å². The van der Waals surface area contributed by atoms with Crippen LogP contribution in [0.25, 0.3) is 0 Å². The van der Waals surface area contributed by atoms with Crippen LogP contribution in [0, 0.1) is 5.41 Å². The lowest BCUT2D eigenvalue weighted by molar-refractivity contribution is -0.134. The van der Waals surface area contributed by atoms with E-state index in [1.54, 1.807) is 0 Å². The Morgan fingerprint density at radius 2 is 1.86 bits per heavy atom. The molecule has 0 aliphatic carbocycles. The molecule has 0 spiro atoms. The summed E-state index contributed by atoms with van der Waals surface area (Å²) in [6, 6.07) is 8.90. The molecule has 1 aromatic rings. The molecule has 1 aliphatic heterocycles. The summed E-state index contributed by atoms with van der Waals surface area (Å²) in [7, 11) is 0. The van der Waals surface area contributed by atoms with Crippen molar-refractivity contribution in [1.82, 2.24) is 10.2 Å². The van der Waals surface area contributed by atoms with E-state index in [1.165, 1.54) is 0 Å². The zero-order chi connectivity index (χ0) is 15.5. The van der Waals surface area contributed by atoms with Crippen molar-refractivity contribution in [1.29, 1.82) is 0 Å². The Labute approximate surface area is 126 Å². The molecule has 1 unspecified atom stereocenters. The molecule has 1 N–H and O–H groups in total. The fourth-order valence-corrected chi connectivity index (χ4v) is 2.39. The molecule has 1 fully saturated rings. The number of rotatable bonds is 3. The monoisotopic (exact) mass is 288 g/mol. The summed E-state index contributed by atoms with van der Waals surface area (Å²) in [4.78, 5) is 26.4. The van der Waals surface area contributed by atoms with Crippen molar-refractivity contribution in [2.75, 3.05) is 13.1 Å².